The zero-order valence-electron chi connectivity index (χ0n) is 8.94. The monoisotopic (exact) mass is 209 g/mol. The lowest BCUT2D eigenvalue weighted by atomic mass is 10.0. The molecule has 0 amide bonds. The number of aromatic nitrogens is 1. The first kappa shape index (κ1) is 10.2. The van der Waals surface area contributed by atoms with E-state index in [9.17, 15) is 0 Å². The molecule has 2 N–H and O–H groups in total. The lowest BCUT2D eigenvalue weighted by Crippen LogP contribution is -1.89. The van der Waals surface area contributed by atoms with Crippen LogP contribution < -0.4 is 5.73 Å². The van der Waals surface area contributed by atoms with Gasteiger partial charge in [0.1, 0.15) is 0 Å². The van der Waals surface area contributed by atoms with Gasteiger partial charge in [-0.25, -0.2) is 0 Å². The molecule has 0 fully saturated rings. The van der Waals surface area contributed by atoms with E-state index in [1.807, 2.05) is 31.2 Å². The minimum Gasteiger partial charge on any atom is -0.399 e. The summed E-state index contributed by atoms with van der Waals surface area (Å²) in [7, 11) is 0. The van der Waals surface area contributed by atoms with E-state index in [0.29, 0.717) is 11.3 Å². The molecule has 0 aliphatic rings. The molecule has 0 saturated carbocycles. The van der Waals surface area contributed by atoms with E-state index in [0.717, 1.165) is 16.8 Å². The molecule has 16 heavy (non-hydrogen) atoms. The minimum atomic E-state index is 0.574. The third-order valence-electron chi connectivity index (χ3n) is 2.31. The van der Waals surface area contributed by atoms with Gasteiger partial charge in [-0.15, -0.1) is 0 Å². The van der Waals surface area contributed by atoms with E-state index in [4.69, 9.17) is 11.0 Å². The van der Waals surface area contributed by atoms with Crippen LogP contribution in [-0.4, -0.2) is 4.98 Å². The average Bonchev–Trinajstić information content (AvgIpc) is 2.28. The van der Waals surface area contributed by atoms with E-state index < -0.39 is 0 Å². The number of nitrogens with zero attached hydrogens (tertiary/aromatic N) is 2. The van der Waals surface area contributed by atoms with Gasteiger partial charge in [-0.1, -0.05) is 0 Å². The summed E-state index contributed by atoms with van der Waals surface area (Å²) in [4.78, 5) is 4.13. The van der Waals surface area contributed by atoms with E-state index in [2.05, 4.69) is 11.1 Å². The third-order valence-corrected chi connectivity index (χ3v) is 2.31. The first-order chi connectivity index (χ1) is 7.69. The maximum Gasteiger partial charge on any atom is 0.0992 e. The van der Waals surface area contributed by atoms with Crippen LogP contribution in [0.3, 0.4) is 0 Å². The van der Waals surface area contributed by atoms with Crippen LogP contribution in [0.4, 0.5) is 5.69 Å². The Bertz CT molecular complexity index is 568. The summed E-state index contributed by atoms with van der Waals surface area (Å²) in [5.74, 6) is 0. The molecular formula is C13H11N3. The molecule has 3 heteroatoms. The van der Waals surface area contributed by atoms with Crippen LogP contribution in [0.25, 0.3) is 11.1 Å². The van der Waals surface area contributed by atoms with Crippen LogP contribution in [0.1, 0.15) is 11.3 Å². The second-order valence-corrected chi connectivity index (χ2v) is 3.64. The Balaban J connectivity index is 2.56. The van der Waals surface area contributed by atoms with Gasteiger partial charge in [-0.2, -0.15) is 5.26 Å². The highest BCUT2D eigenvalue weighted by atomic mass is 14.6. The predicted molar refractivity (Wildman–Crippen MR) is 63.5 cm³/mol. The van der Waals surface area contributed by atoms with Crippen LogP contribution >= 0.6 is 0 Å². The molecular weight excluding hydrogens is 198 g/mol. The molecule has 0 unspecified atom stereocenters. The zero-order valence-corrected chi connectivity index (χ0v) is 8.94. The van der Waals surface area contributed by atoms with Crippen molar-refractivity contribution in [1.82, 2.24) is 4.98 Å². The summed E-state index contributed by atoms with van der Waals surface area (Å²) in [6, 6.07) is 11.3. The Kier molecular flexibility index (Phi) is 2.57. The van der Waals surface area contributed by atoms with Gasteiger partial charge in [-0.05, 0) is 48.4 Å². The zero-order chi connectivity index (χ0) is 11.5. The van der Waals surface area contributed by atoms with Crippen molar-refractivity contribution in [3.05, 3.63) is 47.8 Å². The number of pyridine rings is 1. The molecule has 0 aliphatic heterocycles. The number of nitrogens with two attached hydrogens (primary N) is 1. The van der Waals surface area contributed by atoms with Gasteiger partial charge in [0.05, 0.1) is 11.6 Å². The Labute approximate surface area is 94.2 Å². The molecule has 3 nitrogen and oxygen atoms in total. The van der Waals surface area contributed by atoms with Gasteiger partial charge in [0.2, 0.25) is 0 Å². The fourth-order valence-electron chi connectivity index (χ4n) is 1.61. The first-order valence-corrected chi connectivity index (χ1v) is 4.93. The number of nitriles is 1. The fraction of sp³-hybridized carbons (Fsp3) is 0.0769. The van der Waals surface area contributed by atoms with Gasteiger partial charge < -0.3 is 5.73 Å². The minimum absolute atomic E-state index is 0.574. The summed E-state index contributed by atoms with van der Waals surface area (Å²) < 4.78 is 0. The second-order valence-electron chi connectivity index (χ2n) is 3.64. The summed E-state index contributed by atoms with van der Waals surface area (Å²) in [6.07, 6.45) is 1.75. The highest BCUT2D eigenvalue weighted by Gasteiger charge is 2.02. The largest absolute Gasteiger partial charge is 0.399 e. The lowest BCUT2D eigenvalue weighted by molar-refractivity contribution is 1.20. The smallest absolute Gasteiger partial charge is 0.0992 e. The van der Waals surface area contributed by atoms with E-state index in [1.54, 1.807) is 12.3 Å². The van der Waals surface area contributed by atoms with Gasteiger partial charge in [0.15, 0.2) is 0 Å². The van der Waals surface area contributed by atoms with E-state index >= 15 is 0 Å². The summed E-state index contributed by atoms with van der Waals surface area (Å²) >= 11 is 0. The van der Waals surface area contributed by atoms with Crippen LogP contribution in [0.2, 0.25) is 0 Å². The average molecular weight is 209 g/mol. The number of rotatable bonds is 1. The second kappa shape index (κ2) is 4.03. The van der Waals surface area contributed by atoms with E-state index in [1.165, 1.54) is 0 Å². The molecule has 0 spiro atoms. The van der Waals surface area contributed by atoms with Crippen molar-refractivity contribution in [2.24, 2.45) is 0 Å². The first-order valence-electron chi connectivity index (χ1n) is 4.93. The molecule has 0 saturated heterocycles. The van der Waals surface area contributed by atoms with E-state index in [-0.39, 0.29) is 0 Å². The maximum atomic E-state index is 8.87. The van der Waals surface area contributed by atoms with Crippen LogP contribution in [0.5, 0.6) is 0 Å². The summed E-state index contributed by atoms with van der Waals surface area (Å²) in [5.41, 5.74) is 9.83. The Hall–Kier alpha value is -2.34. The van der Waals surface area contributed by atoms with Gasteiger partial charge in [0, 0.05) is 17.6 Å². The normalized spacial score (nSPS) is 9.75. The Morgan fingerprint density at radius 3 is 2.69 bits per heavy atom. The number of benzene rings is 1. The van der Waals surface area contributed by atoms with Crippen molar-refractivity contribution < 1.29 is 0 Å². The van der Waals surface area contributed by atoms with Crippen LogP contribution in [0, 0.1) is 18.3 Å². The molecule has 0 bridgehead atoms. The van der Waals surface area contributed by atoms with Gasteiger partial charge in [0.25, 0.3) is 0 Å². The third kappa shape index (κ3) is 2.01. The van der Waals surface area contributed by atoms with Crippen molar-refractivity contribution in [1.29, 1.82) is 5.26 Å². The van der Waals surface area contributed by atoms with Crippen LogP contribution in [0.15, 0.2) is 36.5 Å². The summed E-state index contributed by atoms with van der Waals surface area (Å²) in [5, 5.41) is 8.87. The van der Waals surface area contributed by atoms with Crippen molar-refractivity contribution in [2.75, 3.05) is 5.73 Å². The van der Waals surface area contributed by atoms with Crippen molar-refractivity contribution in [2.45, 2.75) is 6.92 Å². The van der Waals surface area contributed by atoms with Crippen molar-refractivity contribution in [3.63, 3.8) is 0 Å². The maximum absolute atomic E-state index is 8.87. The standard InChI is InChI=1S/C13H11N3/c1-9-4-11(2-3-16-9)12-5-10(8-14)6-13(15)7-12/h2-7H,15H2,1H3. The SMILES string of the molecule is Cc1cc(-c2cc(N)cc(C#N)c2)ccn1. The number of hydrogen-bond acceptors (Lipinski definition) is 3. The molecule has 2 rings (SSSR count). The molecule has 0 radical (unpaired) electrons. The summed E-state index contributed by atoms with van der Waals surface area (Å²) in [6.45, 7) is 1.93. The van der Waals surface area contributed by atoms with Gasteiger partial charge >= 0.3 is 0 Å². The molecule has 78 valence electrons. The molecule has 1 heterocycles. The lowest BCUT2D eigenvalue weighted by Gasteiger charge is -2.04. The molecule has 1 aromatic carbocycles. The van der Waals surface area contributed by atoms with Gasteiger partial charge in [-0.3, -0.25) is 4.98 Å². The number of anilines is 1. The number of hydrogen-bond donors (Lipinski definition) is 1. The van der Waals surface area contributed by atoms with Crippen LogP contribution in [-0.2, 0) is 0 Å². The molecule has 0 aliphatic carbocycles. The van der Waals surface area contributed by atoms with Crippen molar-refractivity contribution in [3.8, 4) is 17.2 Å². The molecule has 0 atom stereocenters. The van der Waals surface area contributed by atoms with Crippen molar-refractivity contribution >= 4 is 5.69 Å². The highest BCUT2D eigenvalue weighted by molar-refractivity contribution is 5.69. The Morgan fingerprint density at radius 1 is 1.19 bits per heavy atom. The quantitative estimate of drug-likeness (QED) is 0.734. The fourth-order valence-corrected chi connectivity index (χ4v) is 1.61. The number of aryl methyl sites for hydroxylation is 1. The molecule has 2 aromatic rings. The predicted octanol–water partition coefficient (Wildman–Crippen LogP) is 2.51. The Morgan fingerprint density at radius 2 is 2.00 bits per heavy atom. The topological polar surface area (TPSA) is 62.7 Å². The highest BCUT2D eigenvalue weighted by Crippen LogP contribution is 2.23. The molecule has 1 aromatic heterocycles. The number of nitrogen functional groups attached to an aromatic ring is 1.